The van der Waals surface area contributed by atoms with E-state index in [1.165, 1.54) is 16.7 Å². The highest BCUT2D eigenvalue weighted by molar-refractivity contribution is 5.67. The highest BCUT2D eigenvalue weighted by atomic mass is 16.5. The molecule has 0 aliphatic heterocycles. The van der Waals surface area contributed by atoms with Gasteiger partial charge in [0, 0.05) is 13.2 Å². The molecule has 0 heterocycles. The van der Waals surface area contributed by atoms with Crippen LogP contribution in [-0.2, 0) is 15.9 Å². The Kier molecular flexibility index (Phi) is 7.71. The fourth-order valence-electron chi connectivity index (χ4n) is 2.52. The number of unbranched alkanes of at least 4 members (excludes halogenated alkanes) is 1. The summed E-state index contributed by atoms with van der Waals surface area (Å²) in [5.74, 6) is 0. The van der Waals surface area contributed by atoms with Crippen molar-refractivity contribution in [1.82, 2.24) is 0 Å². The molecule has 0 atom stereocenters. The first-order chi connectivity index (χ1) is 10.9. The van der Waals surface area contributed by atoms with Gasteiger partial charge in [-0.05, 0) is 42.9 Å². The predicted octanol–water partition coefficient (Wildman–Crippen LogP) is 4.73. The van der Waals surface area contributed by atoms with Gasteiger partial charge in [0.05, 0.1) is 13.2 Å². The first-order valence-corrected chi connectivity index (χ1v) is 8.20. The number of aryl methyl sites for hydroxylation is 1. The molecule has 0 N–H and O–H groups in total. The van der Waals surface area contributed by atoms with Gasteiger partial charge in [-0.3, -0.25) is 0 Å². The Bertz CT molecular complexity index is 522. The summed E-state index contributed by atoms with van der Waals surface area (Å²) >= 11 is 0. The van der Waals surface area contributed by atoms with Crippen molar-refractivity contribution in [1.29, 1.82) is 0 Å². The fourth-order valence-corrected chi connectivity index (χ4v) is 2.52. The Balaban J connectivity index is 1.77. The number of hydrogen-bond acceptors (Lipinski definition) is 2. The molecule has 0 bridgehead atoms. The van der Waals surface area contributed by atoms with E-state index in [0.29, 0.717) is 13.2 Å². The molecule has 2 nitrogen and oxygen atoms in total. The molecule has 0 aliphatic rings. The zero-order valence-corrected chi connectivity index (χ0v) is 13.5. The summed E-state index contributed by atoms with van der Waals surface area (Å²) in [6, 6.07) is 19.3. The van der Waals surface area contributed by atoms with E-state index in [4.69, 9.17) is 9.47 Å². The van der Waals surface area contributed by atoms with E-state index in [2.05, 4.69) is 54.6 Å². The molecule has 0 unspecified atom stereocenters. The lowest BCUT2D eigenvalue weighted by Gasteiger charge is -2.10. The van der Waals surface area contributed by atoms with E-state index in [0.717, 1.165) is 32.5 Å². The quantitative estimate of drug-likeness (QED) is 0.590. The number of hydrogen-bond donors (Lipinski definition) is 0. The lowest BCUT2D eigenvalue weighted by atomic mass is 9.96. The maximum Gasteiger partial charge on any atom is 0.0700 e. The van der Waals surface area contributed by atoms with Gasteiger partial charge in [0.2, 0.25) is 0 Å². The van der Waals surface area contributed by atoms with Gasteiger partial charge in [-0.2, -0.15) is 0 Å². The van der Waals surface area contributed by atoms with Gasteiger partial charge >= 0.3 is 0 Å². The molecule has 2 aromatic carbocycles. The zero-order valence-electron chi connectivity index (χ0n) is 13.5. The van der Waals surface area contributed by atoms with E-state index in [1.54, 1.807) is 0 Å². The molecular formula is C20H26O2. The van der Waals surface area contributed by atoms with Crippen LogP contribution in [0.1, 0.15) is 25.3 Å². The van der Waals surface area contributed by atoms with Gasteiger partial charge in [0.25, 0.3) is 0 Å². The van der Waals surface area contributed by atoms with Crippen LogP contribution in [0, 0.1) is 0 Å². The Labute approximate surface area is 134 Å². The smallest absolute Gasteiger partial charge is 0.0700 e. The van der Waals surface area contributed by atoms with Crippen molar-refractivity contribution in [3.63, 3.8) is 0 Å². The van der Waals surface area contributed by atoms with Gasteiger partial charge in [-0.15, -0.1) is 0 Å². The first kappa shape index (κ1) is 16.7. The molecule has 118 valence electrons. The average Bonchev–Trinajstić information content (AvgIpc) is 2.58. The van der Waals surface area contributed by atoms with Crippen LogP contribution in [0.2, 0.25) is 0 Å². The molecule has 0 radical (unpaired) electrons. The summed E-state index contributed by atoms with van der Waals surface area (Å²) in [4.78, 5) is 0. The van der Waals surface area contributed by atoms with E-state index >= 15 is 0 Å². The van der Waals surface area contributed by atoms with Gasteiger partial charge in [0.1, 0.15) is 0 Å². The number of ether oxygens (including phenoxy) is 2. The molecule has 0 aromatic heterocycles. The summed E-state index contributed by atoms with van der Waals surface area (Å²) in [7, 11) is 0. The predicted molar refractivity (Wildman–Crippen MR) is 92.1 cm³/mol. The van der Waals surface area contributed by atoms with Crippen molar-refractivity contribution >= 4 is 0 Å². The minimum atomic E-state index is 0.702. The van der Waals surface area contributed by atoms with Crippen molar-refractivity contribution in [2.75, 3.05) is 26.4 Å². The van der Waals surface area contributed by atoms with E-state index in [-0.39, 0.29) is 0 Å². The van der Waals surface area contributed by atoms with Crippen molar-refractivity contribution < 1.29 is 9.47 Å². The number of benzene rings is 2. The maximum atomic E-state index is 5.56. The lowest BCUT2D eigenvalue weighted by Crippen LogP contribution is -2.05. The third-order valence-corrected chi connectivity index (χ3v) is 3.66. The summed E-state index contributed by atoms with van der Waals surface area (Å²) in [5.41, 5.74) is 4.06. The Morgan fingerprint density at radius 1 is 0.727 bits per heavy atom. The molecule has 0 amide bonds. The highest BCUT2D eigenvalue weighted by Gasteiger charge is 2.03. The van der Waals surface area contributed by atoms with Gasteiger partial charge < -0.3 is 9.47 Å². The van der Waals surface area contributed by atoms with Crippen molar-refractivity contribution in [3.05, 3.63) is 60.2 Å². The Morgan fingerprint density at radius 3 is 2.27 bits per heavy atom. The third kappa shape index (κ3) is 5.63. The van der Waals surface area contributed by atoms with Crippen molar-refractivity contribution in [2.24, 2.45) is 0 Å². The molecule has 22 heavy (non-hydrogen) atoms. The van der Waals surface area contributed by atoms with Gasteiger partial charge in [-0.25, -0.2) is 0 Å². The van der Waals surface area contributed by atoms with Gasteiger partial charge in [-0.1, -0.05) is 54.6 Å². The molecule has 2 rings (SSSR count). The van der Waals surface area contributed by atoms with Crippen LogP contribution in [0.25, 0.3) is 11.1 Å². The van der Waals surface area contributed by atoms with Crippen molar-refractivity contribution in [2.45, 2.75) is 26.2 Å². The molecular weight excluding hydrogens is 272 g/mol. The molecule has 0 saturated heterocycles. The molecule has 0 aliphatic carbocycles. The second-order valence-electron chi connectivity index (χ2n) is 5.29. The van der Waals surface area contributed by atoms with Crippen LogP contribution < -0.4 is 0 Å². The van der Waals surface area contributed by atoms with E-state index < -0.39 is 0 Å². The van der Waals surface area contributed by atoms with Crippen LogP contribution >= 0.6 is 0 Å². The van der Waals surface area contributed by atoms with Crippen molar-refractivity contribution in [3.8, 4) is 11.1 Å². The van der Waals surface area contributed by atoms with Crippen LogP contribution in [-0.4, -0.2) is 26.4 Å². The van der Waals surface area contributed by atoms with Gasteiger partial charge in [0.15, 0.2) is 0 Å². The van der Waals surface area contributed by atoms with Crippen LogP contribution in [0.15, 0.2) is 54.6 Å². The van der Waals surface area contributed by atoms with Crippen LogP contribution in [0.4, 0.5) is 0 Å². The Hall–Kier alpha value is -1.64. The monoisotopic (exact) mass is 298 g/mol. The topological polar surface area (TPSA) is 18.5 Å². The zero-order chi connectivity index (χ0) is 15.5. The lowest BCUT2D eigenvalue weighted by molar-refractivity contribution is 0.0514. The van der Waals surface area contributed by atoms with Crippen LogP contribution in [0.3, 0.4) is 0 Å². The molecule has 0 fully saturated rings. The standard InChI is InChI=1S/C20H26O2/c1-2-21-16-17-22-15-9-8-13-19-12-6-7-14-20(19)18-10-4-3-5-11-18/h3-7,10-12,14H,2,8-9,13,15-17H2,1H3. The summed E-state index contributed by atoms with van der Waals surface area (Å²) in [6.07, 6.45) is 3.34. The third-order valence-electron chi connectivity index (χ3n) is 3.66. The summed E-state index contributed by atoms with van der Waals surface area (Å²) in [5, 5.41) is 0. The minimum Gasteiger partial charge on any atom is -0.379 e. The minimum absolute atomic E-state index is 0.702. The van der Waals surface area contributed by atoms with E-state index in [9.17, 15) is 0 Å². The van der Waals surface area contributed by atoms with Crippen LogP contribution in [0.5, 0.6) is 0 Å². The molecule has 2 heteroatoms. The Morgan fingerprint density at radius 2 is 1.45 bits per heavy atom. The molecule has 0 saturated carbocycles. The number of rotatable bonds is 10. The highest BCUT2D eigenvalue weighted by Crippen LogP contribution is 2.24. The normalized spacial score (nSPS) is 10.8. The maximum absolute atomic E-state index is 5.56. The second kappa shape index (κ2) is 10.1. The SMILES string of the molecule is CCOCCOCCCCc1ccccc1-c1ccccc1. The van der Waals surface area contributed by atoms with E-state index in [1.807, 2.05) is 6.92 Å². The molecule has 0 spiro atoms. The second-order valence-corrected chi connectivity index (χ2v) is 5.29. The average molecular weight is 298 g/mol. The first-order valence-electron chi connectivity index (χ1n) is 8.20. The summed E-state index contributed by atoms with van der Waals surface area (Å²) < 4.78 is 10.8. The molecule has 2 aromatic rings. The largest absolute Gasteiger partial charge is 0.379 e. The fraction of sp³-hybridized carbons (Fsp3) is 0.400. The summed E-state index contributed by atoms with van der Waals surface area (Å²) in [6.45, 7) is 4.99.